The molecule has 0 radical (unpaired) electrons. The van der Waals surface area contributed by atoms with Gasteiger partial charge in [-0.25, -0.2) is 0 Å². The van der Waals surface area contributed by atoms with Gasteiger partial charge >= 0.3 is 6.18 Å². The number of carbonyl (C=O) groups is 1. The topological polar surface area (TPSA) is 80.0 Å². The highest BCUT2D eigenvalue weighted by Crippen LogP contribution is 2.29. The lowest BCUT2D eigenvalue weighted by Crippen LogP contribution is -2.25. The van der Waals surface area contributed by atoms with Crippen LogP contribution in [0.15, 0.2) is 0 Å². The van der Waals surface area contributed by atoms with E-state index in [1.54, 1.807) is 0 Å². The lowest BCUT2D eigenvalue weighted by atomic mass is 10.2. The molecule has 1 heterocycles. The molecular weight excluding hydrogens is 269 g/mol. The summed E-state index contributed by atoms with van der Waals surface area (Å²) in [5.41, 5.74) is 5.58. The summed E-state index contributed by atoms with van der Waals surface area (Å²) in [6.45, 7) is 1.37. The fraction of sp³-hybridized carbons (Fsp3) is 0.556. The van der Waals surface area contributed by atoms with E-state index in [0.29, 0.717) is 0 Å². The lowest BCUT2D eigenvalue weighted by Gasteiger charge is -2.16. The number of nitrogens with one attached hydrogen (secondary N) is 2. The van der Waals surface area contributed by atoms with Crippen LogP contribution in [0.1, 0.15) is 23.7 Å². The molecule has 0 spiro atoms. The first-order valence-electron chi connectivity index (χ1n) is 5.05. The Morgan fingerprint density at radius 3 is 2.67 bits per heavy atom. The molecule has 102 valence electrons. The molecule has 4 N–H and O–H groups in total. The molecule has 0 aliphatic carbocycles. The van der Waals surface area contributed by atoms with E-state index in [1.165, 1.54) is 14.0 Å². The number of anilines is 2. The molecule has 0 aromatic carbocycles. The minimum absolute atomic E-state index is 0.000980. The standard InChI is InChI=1S/C9H13F3N4OS/c1-4(3-9(10,11)12)15-8-5(7(17)14-2)6(13)16-18-8/h4,15H,3H2,1-2H3,(H2,13,16)(H,14,17). The van der Waals surface area contributed by atoms with Gasteiger partial charge in [-0.1, -0.05) is 0 Å². The first-order chi connectivity index (χ1) is 8.24. The van der Waals surface area contributed by atoms with Crippen LogP contribution in [0.5, 0.6) is 0 Å². The predicted octanol–water partition coefficient (Wildman–Crippen LogP) is 1.84. The molecule has 1 aromatic heterocycles. The summed E-state index contributed by atoms with van der Waals surface area (Å²) in [5.74, 6) is -0.482. The Morgan fingerprint density at radius 2 is 2.17 bits per heavy atom. The van der Waals surface area contributed by atoms with Gasteiger partial charge in [0, 0.05) is 13.1 Å². The molecule has 1 atom stereocenters. The van der Waals surface area contributed by atoms with E-state index in [-0.39, 0.29) is 16.4 Å². The number of nitrogens with two attached hydrogens (primary N) is 1. The van der Waals surface area contributed by atoms with E-state index in [9.17, 15) is 18.0 Å². The normalized spacial score (nSPS) is 13.2. The molecule has 0 fully saturated rings. The van der Waals surface area contributed by atoms with Crippen LogP contribution in [0.25, 0.3) is 0 Å². The third-order valence-corrected chi connectivity index (χ3v) is 2.88. The Morgan fingerprint density at radius 1 is 1.56 bits per heavy atom. The molecule has 1 aromatic rings. The third-order valence-electron chi connectivity index (χ3n) is 2.09. The fourth-order valence-electron chi connectivity index (χ4n) is 1.37. The smallest absolute Gasteiger partial charge is 0.382 e. The van der Waals surface area contributed by atoms with Crippen LogP contribution in [0.4, 0.5) is 24.0 Å². The van der Waals surface area contributed by atoms with Gasteiger partial charge in [0.15, 0.2) is 5.82 Å². The van der Waals surface area contributed by atoms with Crippen molar-refractivity contribution in [1.82, 2.24) is 9.69 Å². The quantitative estimate of drug-likeness (QED) is 0.787. The fourth-order valence-corrected chi connectivity index (χ4v) is 2.19. The van der Waals surface area contributed by atoms with Crippen LogP contribution < -0.4 is 16.4 Å². The first kappa shape index (κ1) is 14.6. The maximum Gasteiger partial charge on any atom is 0.391 e. The predicted molar refractivity (Wildman–Crippen MR) is 63.7 cm³/mol. The van der Waals surface area contributed by atoms with E-state index in [2.05, 4.69) is 15.0 Å². The molecule has 0 aliphatic heterocycles. The van der Waals surface area contributed by atoms with Gasteiger partial charge in [0.2, 0.25) is 0 Å². The summed E-state index contributed by atoms with van der Waals surface area (Å²) >= 11 is 0.860. The zero-order valence-corrected chi connectivity index (χ0v) is 10.6. The third kappa shape index (κ3) is 3.76. The average Bonchev–Trinajstić information content (AvgIpc) is 2.56. The Balaban J connectivity index is 2.82. The maximum absolute atomic E-state index is 12.2. The van der Waals surface area contributed by atoms with Gasteiger partial charge in [0.1, 0.15) is 10.6 Å². The molecular formula is C9H13F3N4OS. The maximum atomic E-state index is 12.2. The monoisotopic (exact) mass is 282 g/mol. The summed E-state index contributed by atoms with van der Waals surface area (Å²) in [6.07, 6.45) is -5.27. The minimum Gasteiger partial charge on any atom is -0.382 e. The van der Waals surface area contributed by atoms with E-state index < -0.39 is 24.5 Å². The second-order valence-electron chi connectivity index (χ2n) is 3.72. The van der Waals surface area contributed by atoms with Gasteiger partial charge in [-0.3, -0.25) is 4.79 Å². The molecule has 0 aliphatic rings. The van der Waals surface area contributed by atoms with Crippen molar-refractivity contribution in [2.24, 2.45) is 0 Å². The molecule has 18 heavy (non-hydrogen) atoms. The second-order valence-corrected chi connectivity index (χ2v) is 4.49. The number of carbonyl (C=O) groups excluding carboxylic acids is 1. The van der Waals surface area contributed by atoms with Gasteiger partial charge in [-0.15, -0.1) is 0 Å². The van der Waals surface area contributed by atoms with Crippen molar-refractivity contribution in [2.75, 3.05) is 18.1 Å². The molecule has 1 unspecified atom stereocenters. The van der Waals surface area contributed by atoms with Crippen molar-refractivity contribution < 1.29 is 18.0 Å². The van der Waals surface area contributed by atoms with Gasteiger partial charge in [0.05, 0.1) is 6.42 Å². The Labute approximate surface area is 106 Å². The Kier molecular flexibility index (Phi) is 4.38. The molecule has 0 saturated carbocycles. The van der Waals surface area contributed by atoms with E-state index >= 15 is 0 Å². The zero-order valence-electron chi connectivity index (χ0n) is 9.76. The van der Waals surface area contributed by atoms with Crippen LogP contribution in [-0.4, -0.2) is 29.5 Å². The highest BCUT2D eigenvalue weighted by molar-refractivity contribution is 7.11. The number of nitrogens with zero attached hydrogens (tertiary/aromatic N) is 1. The number of rotatable bonds is 4. The Hall–Kier alpha value is -1.51. The summed E-state index contributed by atoms with van der Waals surface area (Å²) in [4.78, 5) is 11.5. The lowest BCUT2D eigenvalue weighted by molar-refractivity contribution is -0.136. The van der Waals surface area contributed by atoms with E-state index in [1.807, 2.05) is 0 Å². The van der Waals surface area contributed by atoms with Gasteiger partial charge in [-0.05, 0) is 18.5 Å². The summed E-state index contributed by atoms with van der Waals surface area (Å²) in [7, 11) is 1.41. The van der Waals surface area contributed by atoms with Crippen molar-refractivity contribution in [2.45, 2.75) is 25.6 Å². The van der Waals surface area contributed by atoms with Crippen LogP contribution in [-0.2, 0) is 0 Å². The van der Waals surface area contributed by atoms with Crippen molar-refractivity contribution in [3.63, 3.8) is 0 Å². The largest absolute Gasteiger partial charge is 0.391 e. The number of nitrogen functional groups attached to an aromatic ring is 1. The van der Waals surface area contributed by atoms with Gasteiger partial charge < -0.3 is 16.4 Å². The van der Waals surface area contributed by atoms with Crippen LogP contribution in [0.2, 0.25) is 0 Å². The molecule has 1 rings (SSSR count). The highest BCUT2D eigenvalue weighted by Gasteiger charge is 2.31. The number of hydrogen-bond donors (Lipinski definition) is 3. The number of aromatic nitrogens is 1. The zero-order chi connectivity index (χ0) is 13.9. The second kappa shape index (κ2) is 5.42. The molecule has 9 heteroatoms. The summed E-state index contributed by atoms with van der Waals surface area (Å²) < 4.78 is 40.3. The SMILES string of the molecule is CNC(=O)c1c(N)nsc1NC(C)CC(F)(F)F. The van der Waals surface area contributed by atoms with Gasteiger partial charge in [0.25, 0.3) is 5.91 Å². The molecule has 0 bridgehead atoms. The van der Waals surface area contributed by atoms with Crippen molar-refractivity contribution >= 4 is 28.3 Å². The summed E-state index contributed by atoms with van der Waals surface area (Å²) in [6, 6.07) is -0.867. The highest BCUT2D eigenvalue weighted by atomic mass is 32.1. The van der Waals surface area contributed by atoms with E-state index in [4.69, 9.17) is 5.73 Å². The minimum atomic E-state index is -4.27. The summed E-state index contributed by atoms with van der Waals surface area (Å²) in [5, 5.41) is 5.19. The first-order valence-corrected chi connectivity index (χ1v) is 5.82. The number of alkyl halides is 3. The van der Waals surface area contributed by atoms with Crippen molar-refractivity contribution in [3.8, 4) is 0 Å². The van der Waals surface area contributed by atoms with Crippen LogP contribution in [0, 0.1) is 0 Å². The molecule has 1 amide bonds. The van der Waals surface area contributed by atoms with Gasteiger partial charge in [-0.2, -0.15) is 17.5 Å². The molecule has 5 nitrogen and oxygen atoms in total. The number of amides is 1. The van der Waals surface area contributed by atoms with E-state index in [0.717, 1.165) is 11.5 Å². The van der Waals surface area contributed by atoms with Crippen molar-refractivity contribution in [3.05, 3.63) is 5.56 Å². The average molecular weight is 282 g/mol. The van der Waals surface area contributed by atoms with Crippen molar-refractivity contribution in [1.29, 1.82) is 0 Å². The number of halogens is 3. The molecule has 0 saturated heterocycles. The van der Waals surface area contributed by atoms with Crippen LogP contribution in [0.3, 0.4) is 0 Å². The number of hydrogen-bond acceptors (Lipinski definition) is 5. The van der Waals surface area contributed by atoms with Crippen LogP contribution >= 0.6 is 11.5 Å². The Bertz CT molecular complexity index is 432.